The molecule has 3 N–H and O–H groups in total. The second-order valence-corrected chi connectivity index (χ2v) is 6.81. The monoisotopic (exact) mass is 424 g/mol. The first-order valence-electron chi connectivity index (χ1n) is 9.33. The quantitative estimate of drug-likeness (QED) is 0.291. The average molecular weight is 424 g/mol. The number of imidazole rings is 1. The fourth-order valence-corrected chi connectivity index (χ4v) is 3.24. The number of aliphatic hydroxyl groups excluding tert-OH is 2. The van der Waals surface area contributed by atoms with Gasteiger partial charge in [0.1, 0.15) is 12.2 Å². The molecule has 160 valence electrons. The van der Waals surface area contributed by atoms with Crippen molar-refractivity contribution in [1.82, 2.24) is 24.4 Å². The zero-order chi connectivity index (χ0) is 22.0. The van der Waals surface area contributed by atoms with Crippen molar-refractivity contribution in [2.75, 3.05) is 19.6 Å². The summed E-state index contributed by atoms with van der Waals surface area (Å²) in [6.07, 6.45) is -2.78. The second-order valence-electron chi connectivity index (χ2n) is 6.81. The first-order valence-corrected chi connectivity index (χ1v) is 9.33. The highest BCUT2D eigenvalue weighted by molar-refractivity contribution is 5.83. The Morgan fingerprint density at radius 1 is 1.23 bits per heavy atom. The van der Waals surface area contributed by atoms with Crippen molar-refractivity contribution in [2.45, 2.75) is 24.7 Å². The minimum atomic E-state index is -1.32. The smallest absolute Gasteiger partial charge is 0.211 e. The molecule has 0 aliphatic carbocycles. The summed E-state index contributed by atoms with van der Waals surface area (Å²) in [4.78, 5) is 30.3. The highest BCUT2D eigenvalue weighted by Crippen LogP contribution is 2.33. The van der Waals surface area contributed by atoms with Crippen molar-refractivity contribution in [3.05, 3.63) is 48.0 Å². The van der Waals surface area contributed by atoms with Gasteiger partial charge >= 0.3 is 0 Å². The van der Waals surface area contributed by atoms with Crippen LogP contribution in [-0.2, 0) is 14.4 Å². The Morgan fingerprint density at radius 2 is 2.00 bits per heavy atom. The van der Waals surface area contributed by atoms with E-state index in [9.17, 15) is 15.0 Å². The molecule has 11 nitrogen and oxygen atoms in total. The summed E-state index contributed by atoms with van der Waals surface area (Å²) in [7, 11) is 2.88. The van der Waals surface area contributed by atoms with Gasteiger partial charge in [-0.1, -0.05) is 24.1 Å². The Labute approximate surface area is 177 Å². The average Bonchev–Trinajstić information content (AvgIpc) is 3.34. The van der Waals surface area contributed by atoms with E-state index >= 15 is 0 Å². The summed E-state index contributed by atoms with van der Waals surface area (Å²) in [6, 6.07) is 9.36. The van der Waals surface area contributed by atoms with Gasteiger partial charge in [0.2, 0.25) is 12.2 Å². The molecular weight excluding hydrogens is 404 g/mol. The van der Waals surface area contributed by atoms with E-state index in [1.165, 1.54) is 25.1 Å². The summed E-state index contributed by atoms with van der Waals surface area (Å²) >= 11 is 0. The van der Waals surface area contributed by atoms with Crippen LogP contribution in [0, 0.1) is 11.8 Å². The van der Waals surface area contributed by atoms with Crippen LogP contribution in [0.1, 0.15) is 17.6 Å². The summed E-state index contributed by atoms with van der Waals surface area (Å²) in [6.45, 7) is 0. The minimum absolute atomic E-state index is 0.187. The maximum atomic E-state index is 11.1. The van der Waals surface area contributed by atoms with Gasteiger partial charge < -0.3 is 19.8 Å². The molecule has 2 aromatic heterocycles. The zero-order valence-electron chi connectivity index (χ0n) is 16.7. The molecule has 31 heavy (non-hydrogen) atoms. The molecule has 3 heterocycles. The number of aliphatic hydroxyl groups is 2. The van der Waals surface area contributed by atoms with Crippen molar-refractivity contribution < 1.29 is 24.6 Å². The van der Waals surface area contributed by atoms with Gasteiger partial charge in [-0.25, -0.2) is 15.4 Å². The molecule has 1 amide bonds. The molecule has 1 saturated heterocycles. The second kappa shape index (κ2) is 8.66. The van der Waals surface area contributed by atoms with E-state index in [1.54, 1.807) is 0 Å². The van der Waals surface area contributed by atoms with Gasteiger partial charge in [-0.15, -0.1) is 0 Å². The first kappa shape index (κ1) is 20.7. The van der Waals surface area contributed by atoms with Gasteiger partial charge in [0.05, 0.1) is 13.4 Å². The Balaban J connectivity index is 1.76. The molecule has 4 rings (SSSR count). The predicted octanol–water partition coefficient (Wildman–Crippen LogP) is -0.136. The molecule has 0 radical (unpaired) electrons. The van der Waals surface area contributed by atoms with Crippen molar-refractivity contribution in [3.63, 3.8) is 0 Å². The number of aromatic nitrogens is 4. The summed E-state index contributed by atoms with van der Waals surface area (Å²) in [5.74, 6) is 6.35. The number of fused-ring (bicyclic) bond motifs is 1. The van der Waals surface area contributed by atoms with Gasteiger partial charge in [0, 0.05) is 12.6 Å². The molecule has 11 heteroatoms. The Kier molecular flexibility index (Phi) is 5.79. The third-order valence-electron chi connectivity index (χ3n) is 4.77. The predicted molar refractivity (Wildman–Crippen MR) is 108 cm³/mol. The molecule has 0 saturated carbocycles. The first-order chi connectivity index (χ1) is 15.0. The third kappa shape index (κ3) is 3.92. The van der Waals surface area contributed by atoms with Crippen LogP contribution in [-0.4, -0.2) is 73.6 Å². The lowest BCUT2D eigenvalue weighted by Gasteiger charge is -2.22. The minimum Gasteiger partial charge on any atom is -0.385 e. The molecule has 1 aliphatic heterocycles. The van der Waals surface area contributed by atoms with Crippen molar-refractivity contribution >= 4 is 23.4 Å². The number of hydrogen-bond donors (Lipinski definition) is 3. The molecule has 1 aliphatic rings. The number of anilines is 1. The Hall–Kier alpha value is -3.56. The standard InChI is InChI=1S/C20H20N6O5/c1-25(11-27)19-15(28)16(29)20(31-19)26-10-21-14-17(24-30-2)22-13(23-18(14)26)9-8-12-6-4-3-5-7-12/h3-7,10-11,15-16,19-20,28-29H,1-2H3,(H,22,23,24)/t15-,16+,19-,20+/m0/s1. The lowest BCUT2D eigenvalue weighted by molar-refractivity contribution is -0.138. The largest absolute Gasteiger partial charge is 0.385 e. The van der Waals surface area contributed by atoms with Gasteiger partial charge in [0.25, 0.3) is 0 Å². The fraction of sp³-hybridized carbons (Fsp3) is 0.300. The van der Waals surface area contributed by atoms with Gasteiger partial charge in [-0.3, -0.25) is 14.2 Å². The van der Waals surface area contributed by atoms with Crippen molar-refractivity contribution in [1.29, 1.82) is 0 Å². The van der Waals surface area contributed by atoms with E-state index in [4.69, 9.17) is 9.57 Å². The van der Waals surface area contributed by atoms with Crippen LogP contribution >= 0.6 is 0 Å². The number of carbonyl (C=O) groups is 1. The normalized spacial score (nSPS) is 22.7. The van der Waals surface area contributed by atoms with Crippen LogP contribution in [0.5, 0.6) is 0 Å². The van der Waals surface area contributed by atoms with E-state index in [-0.39, 0.29) is 11.6 Å². The number of rotatable bonds is 5. The number of hydrogen-bond acceptors (Lipinski definition) is 9. The Bertz CT molecular complexity index is 1140. The third-order valence-corrected chi connectivity index (χ3v) is 4.77. The van der Waals surface area contributed by atoms with Crippen LogP contribution in [0.15, 0.2) is 36.7 Å². The van der Waals surface area contributed by atoms with Crippen LogP contribution in [0.3, 0.4) is 0 Å². The maximum Gasteiger partial charge on any atom is 0.211 e. The van der Waals surface area contributed by atoms with Crippen molar-refractivity contribution in [2.24, 2.45) is 0 Å². The summed E-state index contributed by atoms with van der Waals surface area (Å²) < 4.78 is 7.19. The highest BCUT2D eigenvalue weighted by Gasteiger charge is 2.46. The SMILES string of the molecule is CONc1nc(C#Cc2ccccc2)nc2c1ncn2[C@@H]1O[C@H](N(C)C=O)[C@@H](O)[C@H]1O. The van der Waals surface area contributed by atoms with E-state index in [2.05, 4.69) is 32.3 Å². The molecule has 4 atom stereocenters. The molecule has 0 bridgehead atoms. The number of likely N-dealkylation sites (N-methyl/N-ethyl adjacent to an activating group) is 1. The van der Waals surface area contributed by atoms with Crippen LogP contribution in [0.2, 0.25) is 0 Å². The van der Waals surface area contributed by atoms with Gasteiger partial charge in [-0.05, 0) is 18.1 Å². The lowest BCUT2D eigenvalue weighted by atomic mass is 10.2. The number of nitrogens with one attached hydrogen (secondary N) is 1. The number of carbonyl (C=O) groups excluding carboxylic acids is 1. The summed E-state index contributed by atoms with van der Waals surface area (Å²) in [5, 5.41) is 20.8. The van der Waals surface area contributed by atoms with E-state index in [1.807, 2.05) is 30.3 Å². The topological polar surface area (TPSA) is 135 Å². The van der Waals surface area contributed by atoms with Gasteiger partial charge in [-0.2, -0.15) is 4.98 Å². The maximum absolute atomic E-state index is 11.1. The van der Waals surface area contributed by atoms with Gasteiger partial charge in [0.15, 0.2) is 29.4 Å². The molecule has 0 unspecified atom stereocenters. The van der Waals surface area contributed by atoms with E-state index in [0.29, 0.717) is 17.6 Å². The number of ether oxygens (including phenoxy) is 1. The van der Waals surface area contributed by atoms with E-state index < -0.39 is 24.7 Å². The molecular formula is C20H20N6O5. The molecule has 0 spiro atoms. The summed E-state index contributed by atoms with van der Waals surface area (Å²) in [5.41, 5.74) is 4.09. The Morgan fingerprint density at radius 3 is 2.71 bits per heavy atom. The number of amides is 1. The van der Waals surface area contributed by atoms with Crippen molar-refractivity contribution in [3.8, 4) is 11.8 Å². The van der Waals surface area contributed by atoms with E-state index in [0.717, 1.165) is 10.5 Å². The molecule has 3 aromatic rings. The molecule has 1 fully saturated rings. The molecule has 1 aromatic carbocycles. The van der Waals surface area contributed by atoms with Crippen LogP contribution < -0.4 is 5.48 Å². The number of nitrogens with zero attached hydrogens (tertiary/aromatic N) is 5. The number of benzene rings is 1. The zero-order valence-corrected chi connectivity index (χ0v) is 16.7. The highest BCUT2D eigenvalue weighted by atomic mass is 16.6. The van der Waals surface area contributed by atoms with Crippen LogP contribution in [0.25, 0.3) is 11.2 Å². The van der Waals surface area contributed by atoms with Crippen LogP contribution in [0.4, 0.5) is 5.82 Å². The fourth-order valence-electron chi connectivity index (χ4n) is 3.24. The lowest BCUT2D eigenvalue weighted by Crippen LogP contribution is -2.41.